The molecule has 1 aliphatic rings. The maximum absolute atomic E-state index is 11.7. The van der Waals surface area contributed by atoms with Gasteiger partial charge in [-0.15, -0.1) is 0 Å². The molecule has 0 spiro atoms. The van der Waals surface area contributed by atoms with Gasteiger partial charge < -0.3 is 19.9 Å². The summed E-state index contributed by atoms with van der Waals surface area (Å²) in [4.78, 5) is 22.6. The molecule has 172 valence electrons. The fraction of sp³-hybridized carbons (Fsp3) is 0.750. The summed E-state index contributed by atoms with van der Waals surface area (Å²) in [5, 5.41) is 0. The summed E-state index contributed by atoms with van der Waals surface area (Å²) < 4.78 is 16.9. The van der Waals surface area contributed by atoms with E-state index in [9.17, 15) is 9.59 Å². The van der Waals surface area contributed by atoms with Crippen molar-refractivity contribution in [3.63, 3.8) is 0 Å². The predicted molar refractivity (Wildman–Crippen MR) is 119 cm³/mol. The molecule has 6 heteroatoms. The van der Waals surface area contributed by atoms with Crippen molar-refractivity contribution in [1.29, 1.82) is 0 Å². The van der Waals surface area contributed by atoms with Gasteiger partial charge in [-0.3, -0.25) is 9.59 Å². The van der Waals surface area contributed by atoms with Crippen LogP contribution in [-0.2, 0) is 23.8 Å². The Morgan fingerprint density at radius 1 is 1.27 bits per heavy atom. The first kappa shape index (κ1) is 26.4. The number of hydrogen-bond acceptors (Lipinski definition) is 6. The van der Waals surface area contributed by atoms with Crippen LogP contribution in [-0.4, -0.2) is 42.9 Å². The first-order valence-electron chi connectivity index (χ1n) is 11.0. The fourth-order valence-corrected chi connectivity index (χ4v) is 3.69. The van der Waals surface area contributed by atoms with Crippen molar-refractivity contribution >= 4 is 11.9 Å². The van der Waals surface area contributed by atoms with Crippen LogP contribution in [0.15, 0.2) is 23.3 Å². The summed E-state index contributed by atoms with van der Waals surface area (Å²) in [6.07, 6.45) is 8.86. The number of allylic oxidation sites excluding steroid dienone is 1. The van der Waals surface area contributed by atoms with E-state index >= 15 is 0 Å². The second-order valence-electron chi connectivity index (χ2n) is 8.95. The number of rotatable bonds is 10. The predicted octanol–water partition coefficient (Wildman–Crippen LogP) is 4.47. The molecule has 1 saturated heterocycles. The third-order valence-corrected chi connectivity index (χ3v) is 5.82. The van der Waals surface area contributed by atoms with Crippen LogP contribution in [0.2, 0.25) is 0 Å². The zero-order chi connectivity index (χ0) is 22.7. The Bertz CT molecular complexity index is 623. The molecule has 0 bridgehead atoms. The number of esters is 2. The average molecular weight is 424 g/mol. The highest BCUT2D eigenvalue weighted by Crippen LogP contribution is 2.34. The van der Waals surface area contributed by atoms with Gasteiger partial charge in [-0.25, -0.2) is 0 Å². The summed E-state index contributed by atoms with van der Waals surface area (Å²) in [5.74, 6) is -0.193. The third kappa shape index (κ3) is 9.90. The first-order chi connectivity index (χ1) is 14.0. The molecule has 0 aromatic rings. The minimum absolute atomic E-state index is 0.142. The SMILES string of the molecule is CC(=O)OC/C=C1\CC[C@@H](OC(C)=O)[C@](C)(CCCC(C)C(N)CC=C(C)C)OC1. The van der Waals surface area contributed by atoms with E-state index < -0.39 is 5.60 Å². The van der Waals surface area contributed by atoms with E-state index in [0.29, 0.717) is 18.9 Å². The van der Waals surface area contributed by atoms with E-state index in [1.54, 1.807) is 0 Å². The zero-order valence-corrected chi connectivity index (χ0v) is 19.7. The maximum atomic E-state index is 11.7. The molecule has 0 amide bonds. The normalized spacial score (nSPS) is 25.2. The molecule has 0 aromatic heterocycles. The summed E-state index contributed by atoms with van der Waals surface area (Å²) in [6.45, 7) is 11.9. The highest BCUT2D eigenvalue weighted by molar-refractivity contribution is 5.66. The van der Waals surface area contributed by atoms with Crippen LogP contribution in [0.4, 0.5) is 0 Å². The van der Waals surface area contributed by atoms with Crippen molar-refractivity contribution in [2.75, 3.05) is 13.2 Å². The summed E-state index contributed by atoms with van der Waals surface area (Å²) in [6, 6.07) is 0.142. The Labute approximate surface area is 182 Å². The minimum Gasteiger partial charge on any atom is -0.462 e. The van der Waals surface area contributed by atoms with Gasteiger partial charge in [0.25, 0.3) is 0 Å². The Morgan fingerprint density at radius 3 is 2.57 bits per heavy atom. The van der Waals surface area contributed by atoms with Crippen LogP contribution < -0.4 is 5.73 Å². The van der Waals surface area contributed by atoms with E-state index in [1.807, 2.05) is 13.0 Å². The highest BCUT2D eigenvalue weighted by atomic mass is 16.6. The number of hydrogen-bond donors (Lipinski definition) is 1. The van der Waals surface area contributed by atoms with Gasteiger partial charge in [0.05, 0.1) is 6.61 Å². The lowest BCUT2D eigenvalue weighted by Crippen LogP contribution is -2.44. The monoisotopic (exact) mass is 423 g/mol. The van der Waals surface area contributed by atoms with E-state index in [2.05, 4.69) is 26.8 Å². The van der Waals surface area contributed by atoms with Gasteiger partial charge >= 0.3 is 11.9 Å². The van der Waals surface area contributed by atoms with Crippen LogP contribution >= 0.6 is 0 Å². The van der Waals surface area contributed by atoms with Gasteiger partial charge in [-0.1, -0.05) is 25.0 Å². The van der Waals surface area contributed by atoms with Crippen molar-refractivity contribution in [1.82, 2.24) is 0 Å². The fourth-order valence-electron chi connectivity index (χ4n) is 3.69. The van der Waals surface area contributed by atoms with Gasteiger partial charge in [0.1, 0.15) is 18.3 Å². The molecule has 1 heterocycles. The van der Waals surface area contributed by atoms with Crippen LogP contribution in [0.1, 0.15) is 80.1 Å². The maximum Gasteiger partial charge on any atom is 0.303 e. The van der Waals surface area contributed by atoms with Crippen LogP contribution in [0, 0.1) is 5.92 Å². The average Bonchev–Trinajstić information content (AvgIpc) is 2.79. The topological polar surface area (TPSA) is 87.9 Å². The molecular weight excluding hydrogens is 382 g/mol. The number of ether oxygens (including phenoxy) is 3. The summed E-state index contributed by atoms with van der Waals surface area (Å²) in [7, 11) is 0. The van der Waals surface area contributed by atoms with Crippen LogP contribution in [0.3, 0.4) is 0 Å². The molecule has 1 fully saturated rings. The van der Waals surface area contributed by atoms with E-state index in [4.69, 9.17) is 19.9 Å². The molecule has 2 N–H and O–H groups in total. The highest BCUT2D eigenvalue weighted by Gasteiger charge is 2.39. The van der Waals surface area contributed by atoms with Crippen molar-refractivity contribution in [2.45, 2.75) is 97.8 Å². The lowest BCUT2D eigenvalue weighted by Gasteiger charge is -2.35. The van der Waals surface area contributed by atoms with Gasteiger partial charge in [0, 0.05) is 19.9 Å². The molecule has 30 heavy (non-hydrogen) atoms. The molecule has 0 aromatic carbocycles. The number of carbonyl (C=O) groups is 2. The lowest BCUT2D eigenvalue weighted by atomic mass is 9.86. The number of carbonyl (C=O) groups excluding carboxylic acids is 2. The second-order valence-corrected chi connectivity index (χ2v) is 8.95. The third-order valence-electron chi connectivity index (χ3n) is 5.82. The molecule has 0 aliphatic carbocycles. The van der Waals surface area contributed by atoms with Gasteiger partial charge in [0.15, 0.2) is 0 Å². The first-order valence-corrected chi connectivity index (χ1v) is 11.0. The van der Waals surface area contributed by atoms with Crippen molar-refractivity contribution in [3.8, 4) is 0 Å². The van der Waals surface area contributed by atoms with Crippen LogP contribution in [0.5, 0.6) is 0 Å². The molecule has 0 saturated carbocycles. The molecular formula is C24H41NO5. The van der Waals surface area contributed by atoms with Gasteiger partial charge in [-0.05, 0) is 70.4 Å². The van der Waals surface area contributed by atoms with E-state index in [0.717, 1.165) is 37.7 Å². The standard InChI is InChI=1S/C24H41NO5/c1-17(2)9-11-22(25)18(3)8-7-14-24(6)23(30-20(5)27)12-10-21(16-29-24)13-15-28-19(4)26/h9,13,18,22-23H,7-8,10-12,14-16,25H2,1-6H3/b21-13+/t18?,22?,23-,24+/m1/s1. The van der Waals surface area contributed by atoms with E-state index in [1.165, 1.54) is 19.4 Å². The quantitative estimate of drug-likeness (QED) is 0.412. The minimum atomic E-state index is -0.549. The molecule has 2 unspecified atom stereocenters. The number of nitrogens with two attached hydrogens (primary N) is 1. The Balaban J connectivity index is 2.70. The largest absolute Gasteiger partial charge is 0.462 e. The Kier molecular flexibility index (Phi) is 11.3. The van der Waals surface area contributed by atoms with Gasteiger partial charge in [0.2, 0.25) is 0 Å². The molecule has 1 rings (SSSR count). The molecule has 6 nitrogen and oxygen atoms in total. The smallest absolute Gasteiger partial charge is 0.303 e. The van der Waals surface area contributed by atoms with Crippen molar-refractivity contribution in [2.24, 2.45) is 11.7 Å². The Morgan fingerprint density at radius 2 is 1.97 bits per heavy atom. The zero-order valence-electron chi connectivity index (χ0n) is 19.7. The van der Waals surface area contributed by atoms with Crippen LogP contribution in [0.25, 0.3) is 0 Å². The van der Waals surface area contributed by atoms with E-state index in [-0.39, 0.29) is 30.7 Å². The van der Waals surface area contributed by atoms with Gasteiger partial charge in [-0.2, -0.15) is 0 Å². The lowest BCUT2D eigenvalue weighted by molar-refractivity contribution is -0.167. The summed E-state index contributed by atoms with van der Waals surface area (Å²) >= 11 is 0. The molecule has 0 radical (unpaired) electrons. The second kappa shape index (κ2) is 12.9. The van der Waals surface area contributed by atoms with Crippen molar-refractivity contribution in [3.05, 3.63) is 23.3 Å². The Hall–Kier alpha value is -1.66. The molecule has 1 aliphatic heterocycles. The molecule has 4 atom stereocenters. The summed E-state index contributed by atoms with van der Waals surface area (Å²) in [5.41, 5.74) is 8.14. The van der Waals surface area contributed by atoms with Crippen molar-refractivity contribution < 1.29 is 23.8 Å².